The summed E-state index contributed by atoms with van der Waals surface area (Å²) in [6.07, 6.45) is 5.49. The molecule has 2 aliphatic rings. The van der Waals surface area contributed by atoms with Gasteiger partial charge < -0.3 is 9.63 Å². The maximum atomic E-state index is 12.4. The summed E-state index contributed by atoms with van der Waals surface area (Å²) in [4.78, 5) is 29.1. The van der Waals surface area contributed by atoms with Gasteiger partial charge in [0.25, 0.3) is 0 Å². The molecule has 1 heterocycles. The first-order chi connectivity index (χ1) is 12.5. The van der Waals surface area contributed by atoms with Gasteiger partial charge in [0.2, 0.25) is 0 Å². The van der Waals surface area contributed by atoms with Crippen LogP contribution in [0.3, 0.4) is 0 Å². The number of nitrogens with zero attached hydrogens (tertiary/aromatic N) is 2. The van der Waals surface area contributed by atoms with Gasteiger partial charge in [0.05, 0.1) is 16.8 Å². The zero-order valence-electron chi connectivity index (χ0n) is 15.5. The fraction of sp³-hybridized carbons (Fsp3) is 0.600. The summed E-state index contributed by atoms with van der Waals surface area (Å²) < 4.78 is 5.29. The van der Waals surface area contributed by atoms with Gasteiger partial charge in [-0.1, -0.05) is 12.1 Å². The van der Waals surface area contributed by atoms with Crippen molar-refractivity contribution >= 4 is 17.3 Å². The predicted molar refractivity (Wildman–Crippen MR) is 97.8 cm³/mol. The minimum absolute atomic E-state index is 0.0472. The number of ketones is 2. The smallest absolute Gasteiger partial charge is 0.168 e. The Kier molecular flexibility index (Phi) is 5.69. The second-order valence-electron chi connectivity index (χ2n) is 7.14. The Morgan fingerprint density at radius 3 is 2.69 bits per heavy atom. The molecule has 1 fully saturated rings. The molecule has 0 amide bonds. The van der Waals surface area contributed by atoms with Crippen LogP contribution >= 0.6 is 0 Å². The molecule has 1 unspecified atom stereocenters. The summed E-state index contributed by atoms with van der Waals surface area (Å²) in [5, 5.41) is 14.6. The molecule has 1 aromatic heterocycles. The van der Waals surface area contributed by atoms with Crippen LogP contribution in [0.4, 0.5) is 0 Å². The molecule has 0 radical (unpaired) electrons. The van der Waals surface area contributed by atoms with Gasteiger partial charge in [-0.15, -0.1) is 0 Å². The number of aryl methyl sites for hydroxylation is 2. The van der Waals surface area contributed by atoms with Crippen molar-refractivity contribution in [3.8, 4) is 0 Å². The third kappa shape index (κ3) is 3.79. The summed E-state index contributed by atoms with van der Waals surface area (Å²) >= 11 is 0. The quantitative estimate of drug-likeness (QED) is 0.636. The number of aliphatic hydroxyl groups is 1. The monoisotopic (exact) mass is 358 g/mol. The molecule has 1 aromatic rings. The highest BCUT2D eigenvalue weighted by molar-refractivity contribution is 6.24. The second-order valence-corrected chi connectivity index (χ2v) is 7.14. The minimum atomic E-state index is -0.0472. The number of aliphatic hydroxyl groups excluding tert-OH is 1. The standard InChI is InChI=1S/C20H26N2O4/c1-3-12(2)21-13-6-4-7-15(23)19(13)17(25)11-10-14-20-16(24)8-5-9-18(20)26-22-14/h12,25H,3-11H2,1-2H3/b19-17-,21-13?. The topological polar surface area (TPSA) is 92.8 Å². The second kappa shape index (κ2) is 7.98. The summed E-state index contributed by atoms with van der Waals surface area (Å²) in [5.74, 6) is 0.712. The van der Waals surface area contributed by atoms with E-state index in [0.29, 0.717) is 54.0 Å². The van der Waals surface area contributed by atoms with E-state index < -0.39 is 0 Å². The molecule has 1 atom stereocenters. The van der Waals surface area contributed by atoms with Crippen LogP contribution in [0.25, 0.3) is 0 Å². The lowest BCUT2D eigenvalue weighted by atomic mass is 9.88. The number of allylic oxidation sites excluding steroid dienone is 2. The largest absolute Gasteiger partial charge is 0.511 e. The van der Waals surface area contributed by atoms with Gasteiger partial charge in [0, 0.05) is 43.9 Å². The molecular formula is C20H26N2O4. The van der Waals surface area contributed by atoms with Gasteiger partial charge >= 0.3 is 0 Å². The van der Waals surface area contributed by atoms with Gasteiger partial charge in [0.1, 0.15) is 11.5 Å². The third-order valence-electron chi connectivity index (χ3n) is 5.16. The average molecular weight is 358 g/mol. The fourth-order valence-corrected chi connectivity index (χ4v) is 3.56. The van der Waals surface area contributed by atoms with Crippen molar-refractivity contribution in [1.29, 1.82) is 0 Å². The summed E-state index contributed by atoms with van der Waals surface area (Å²) in [6.45, 7) is 4.06. The van der Waals surface area contributed by atoms with E-state index in [2.05, 4.69) is 10.1 Å². The summed E-state index contributed by atoms with van der Waals surface area (Å²) in [7, 11) is 0. The highest BCUT2D eigenvalue weighted by Crippen LogP contribution is 2.27. The molecule has 0 spiro atoms. The van der Waals surface area contributed by atoms with Crippen molar-refractivity contribution in [3.05, 3.63) is 28.3 Å². The SMILES string of the molecule is CCC(C)N=C1CCCC(=O)/C1=C(\O)CCc1noc2c1C(=O)CCC2. The van der Waals surface area contributed by atoms with Crippen molar-refractivity contribution in [2.75, 3.05) is 0 Å². The van der Waals surface area contributed by atoms with E-state index in [4.69, 9.17) is 4.52 Å². The van der Waals surface area contributed by atoms with Gasteiger partial charge in [-0.25, -0.2) is 0 Å². The summed E-state index contributed by atoms with van der Waals surface area (Å²) in [5.41, 5.74) is 2.25. The third-order valence-corrected chi connectivity index (χ3v) is 5.16. The maximum Gasteiger partial charge on any atom is 0.168 e. The first-order valence-electron chi connectivity index (χ1n) is 9.54. The molecule has 0 aromatic carbocycles. The van der Waals surface area contributed by atoms with Crippen molar-refractivity contribution in [3.63, 3.8) is 0 Å². The van der Waals surface area contributed by atoms with Gasteiger partial charge in [-0.2, -0.15) is 0 Å². The van der Waals surface area contributed by atoms with Gasteiger partial charge in [-0.05, 0) is 32.6 Å². The van der Waals surface area contributed by atoms with Crippen molar-refractivity contribution in [2.24, 2.45) is 4.99 Å². The first kappa shape index (κ1) is 18.5. The molecule has 1 saturated carbocycles. The molecule has 1 N–H and O–H groups in total. The lowest BCUT2D eigenvalue weighted by molar-refractivity contribution is -0.115. The normalized spacial score (nSPS) is 22.5. The average Bonchev–Trinajstić information content (AvgIpc) is 3.04. The number of aliphatic imine (C=N–C) groups is 1. The predicted octanol–water partition coefficient (Wildman–Crippen LogP) is 3.93. The van der Waals surface area contributed by atoms with E-state index in [0.717, 1.165) is 25.7 Å². The molecule has 3 rings (SSSR count). The maximum absolute atomic E-state index is 12.4. The number of carbonyl (C=O) groups is 2. The van der Waals surface area contributed by atoms with Crippen LogP contribution in [0.5, 0.6) is 0 Å². The molecular weight excluding hydrogens is 332 g/mol. The van der Waals surface area contributed by atoms with E-state index in [1.807, 2.05) is 13.8 Å². The molecule has 0 saturated heterocycles. The van der Waals surface area contributed by atoms with E-state index >= 15 is 0 Å². The van der Waals surface area contributed by atoms with Crippen LogP contribution in [0.1, 0.15) is 80.6 Å². The number of Topliss-reactive ketones (excluding diaryl/α,β-unsaturated/α-hetero) is 2. The van der Waals surface area contributed by atoms with Crippen LogP contribution in [0.15, 0.2) is 20.8 Å². The number of fused-ring (bicyclic) bond motifs is 1. The number of rotatable bonds is 5. The Bertz CT molecular complexity index is 773. The Labute approximate surface area is 153 Å². The Balaban J connectivity index is 1.82. The highest BCUT2D eigenvalue weighted by atomic mass is 16.5. The van der Waals surface area contributed by atoms with Crippen LogP contribution < -0.4 is 0 Å². The summed E-state index contributed by atoms with van der Waals surface area (Å²) in [6, 6.07) is 0.124. The molecule has 0 bridgehead atoms. The van der Waals surface area contributed by atoms with Crippen LogP contribution in [-0.4, -0.2) is 33.6 Å². The minimum Gasteiger partial charge on any atom is -0.511 e. The van der Waals surface area contributed by atoms with Crippen LogP contribution in [-0.2, 0) is 17.6 Å². The lowest BCUT2D eigenvalue weighted by Gasteiger charge is -2.19. The zero-order chi connectivity index (χ0) is 18.7. The molecule has 26 heavy (non-hydrogen) atoms. The number of hydrogen-bond donors (Lipinski definition) is 1. The van der Waals surface area contributed by atoms with Crippen LogP contribution in [0, 0.1) is 0 Å². The van der Waals surface area contributed by atoms with E-state index in [9.17, 15) is 14.7 Å². The van der Waals surface area contributed by atoms with Crippen LogP contribution in [0.2, 0.25) is 0 Å². The van der Waals surface area contributed by atoms with Crippen molar-refractivity contribution in [1.82, 2.24) is 5.16 Å². The Morgan fingerprint density at radius 2 is 1.92 bits per heavy atom. The van der Waals surface area contributed by atoms with Crippen molar-refractivity contribution in [2.45, 2.75) is 77.7 Å². The number of hydrogen-bond acceptors (Lipinski definition) is 6. The molecule has 140 valence electrons. The van der Waals surface area contributed by atoms with E-state index in [1.54, 1.807) is 0 Å². The number of aromatic nitrogens is 1. The Morgan fingerprint density at radius 1 is 1.19 bits per heavy atom. The van der Waals surface area contributed by atoms with E-state index in [1.165, 1.54) is 0 Å². The molecule has 2 aliphatic carbocycles. The first-order valence-corrected chi connectivity index (χ1v) is 9.54. The zero-order valence-corrected chi connectivity index (χ0v) is 15.5. The van der Waals surface area contributed by atoms with Gasteiger partial charge in [-0.3, -0.25) is 14.6 Å². The van der Waals surface area contributed by atoms with Crippen molar-refractivity contribution < 1.29 is 19.2 Å². The molecule has 6 nitrogen and oxygen atoms in total. The Hall–Kier alpha value is -2.24. The number of carbonyl (C=O) groups excluding carboxylic acids is 2. The van der Waals surface area contributed by atoms with Gasteiger partial charge in [0.15, 0.2) is 11.6 Å². The fourth-order valence-electron chi connectivity index (χ4n) is 3.56. The lowest BCUT2D eigenvalue weighted by Crippen LogP contribution is -2.23. The highest BCUT2D eigenvalue weighted by Gasteiger charge is 2.28. The van der Waals surface area contributed by atoms with E-state index in [-0.39, 0.29) is 29.8 Å². The molecule has 6 heteroatoms. The molecule has 0 aliphatic heterocycles.